The van der Waals surface area contributed by atoms with Crippen molar-refractivity contribution in [1.82, 2.24) is 5.32 Å². The maximum Gasteiger partial charge on any atom is 3.00 e. The third-order valence-electron chi connectivity index (χ3n) is 3.65. The minimum absolute atomic E-state index is 0. The van der Waals surface area contributed by atoms with Crippen molar-refractivity contribution in [3.63, 3.8) is 0 Å². The number of nitrogens with zero attached hydrogens (tertiary/aromatic N) is 1. The van der Waals surface area contributed by atoms with Gasteiger partial charge >= 0.3 is 17.1 Å². The van der Waals surface area contributed by atoms with E-state index in [1.807, 2.05) is 0 Å². The molecular formula is C19H22ClFeN2O4. The number of rotatable bonds is 8. The van der Waals surface area contributed by atoms with Crippen molar-refractivity contribution in [3.8, 4) is 11.5 Å². The first-order chi connectivity index (χ1) is 12.1. The Labute approximate surface area is 176 Å². The van der Waals surface area contributed by atoms with Crippen molar-refractivity contribution in [2.45, 2.75) is 12.5 Å². The van der Waals surface area contributed by atoms with Gasteiger partial charge in [0.1, 0.15) is 11.5 Å². The van der Waals surface area contributed by atoms with Crippen LogP contribution in [0.4, 0.5) is 0 Å². The maximum absolute atomic E-state index is 11.9. The van der Waals surface area contributed by atoms with Crippen LogP contribution < -0.4 is 32.7 Å². The number of nitrogens with one attached hydrogen (secondary N) is 1. The molecule has 1 aliphatic rings. The molecule has 2 rings (SSSR count). The molecular weight excluding hydrogens is 412 g/mol. The van der Waals surface area contributed by atoms with E-state index >= 15 is 0 Å². The van der Waals surface area contributed by atoms with Crippen LogP contribution in [0.15, 0.2) is 59.0 Å². The Bertz CT molecular complexity index is 705. The largest absolute Gasteiger partial charge is 3.00 e. The first-order valence-corrected chi connectivity index (χ1v) is 8.02. The summed E-state index contributed by atoms with van der Waals surface area (Å²) >= 11 is 0. The van der Waals surface area contributed by atoms with E-state index < -0.39 is 6.10 Å². The first-order valence-electron chi connectivity index (χ1n) is 8.02. The van der Waals surface area contributed by atoms with Gasteiger partial charge in [0.05, 0.1) is 14.2 Å². The van der Waals surface area contributed by atoms with Crippen LogP contribution in [-0.2, 0) is 21.8 Å². The smallest absolute Gasteiger partial charge is 1.00 e. The molecule has 1 N–H and O–H groups in total. The van der Waals surface area contributed by atoms with Crippen LogP contribution in [-0.4, -0.2) is 39.6 Å². The van der Waals surface area contributed by atoms with E-state index in [-0.39, 0.29) is 35.2 Å². The summed E-state index contributed by atoms with van der Waals surface area (Å²) in [6.07, 6.45) is 8.22. The van der Waals surface area contributed by atoms with Crippen molar-refractivity contribution in [3.05, 3.63) is 59.5 Å². The summed E-state index contributed by atoms with van der Waals surface area (Å²) in [6, 6.07) is 4.87. The van der Waals surface area contributed by atoms with Crippen LogP contribution in [0.1, 0.15) is 12.0 Å². The monoisotopic (exact) mass is 433 g/mol. The van der Waals surface area contributed by atoms with Gasteiger partial charge in [0.15, 0.2) is 0 Å². The Morgan fingerprint density at radius 2 is 2.00 bits per heavy atom. The molecule has 1 unspecified atom stereocenters. The molecule has 1 aromatic rings. The number of methoxy groups -OCH3 is 2. The van der Waals surface area contributed by atoms with Gasteiger partial charge in [-0.3, -0.25) is 4.99 Å². The molecule has 147 valence electrons. The van der Waals surface area contributed by atoms with Crippen molar-refractivity contribution in [2.75, 3.05) is 27.3 Å². The molecule has 1 atom stereocenters. The van der Waals surface area contributed by atoms with Crippen LogP contribution in [0.5, 0.6) is 11.5 Å². The number of hydrogen-bond acceptors (Lipinski definition) is 6. The molecule has 0 aliphatic heterocycles. The van der Waals surface area contributed by atoms with E-state index in [0.717, 1.165) is 6.42 Å². The molecule has 1 aliphatic carbocycles. The number of ether oxygens (including phenoxy) is 2. The predicted molar refractivity (Wildman–Crippen MR) is 93.6 cm³/mol. The second-order valence-corrected chi connectivity index (χ2v) is 5.42. The normalized spacial score (nSPS) is 17.1. The van der Waals surface area contributed by atoms with E-state index in [2.05, 4.69) is 10.3 Å². The van der Waals surface area contributed by atoms with Gasteiger partial charge in [0.2, 0.25) is 0 Å². The van der Waals surface area contributed by atoms with Crippen LogP contribution in [0.3, 0.4) is 0 Å². The molecule has 27 heavy (non-hydrogen) atoms. The van der Waals surface area contributed by atoms with Gasteiger partial charge in [-0.1, -0.05) is 30.1 Å². The van der Waals surface area contributed by atoms with E-state index in [1.165, 1.54) is 26.4 Å². The Morgan fingerprint density at radius 1 is 1.22 bits per heavy atom. The maximum atomic E-state index is 11.9. The summed E-state index contributed by atoms with van der Waals surface area (Å²) < 4.78 is 10.0. The molecule has 0 spiro atoms. The third-order valence-corrected chi connectivity index (χ3v) is 3.65. The second kappa shape index (κ2) is 13.3. The number of aliphatic imine (C=N–C) groups is 1. The van der Waals surface area contributed by atoms with E-state index in [9.17, 15) is 10.2 Å². The fraction of sp³-hybridized carbons (Fsp3) is 0.316. The molecule has 1 aromatic carbocycles. The van der Waals surface area contributed by atoms with Gasteiger partial charge in [-0.25, -0.2) is 0 Å². The van der Waals surface area contributed by atoms with Crippen LogP contribution in [0, 0.1) is 0 Å². The van der Waals surface area contributed by atoms with Gasteiger partial charge < -0.3 is 37.4 Å². The number of allylic oxidation sites excluding steroid dienone is 1. The molecule has 0 fully saturated rings. The minimum Gasteiger partial charge on any atom is -1.00 e. The van der Waals surface area contributed by atoms with Gasteiger partial charge in [-0.15, -0.1) is 0 Å². The average Bonchev–Trinajstić information content (AvgIpc) is 2.62. The Hall–Kier alpha value is -1.92. The van der Waals surface area contributed by atoms with Crippen molar-refractivity contribution in [1.29, 1.82) is 0 Å². The molecule has 0 saturated carbocycles. The number of halogens is 1. The first kappa shape index (κ1) is 25.1. The second-order valence-electron chi connectivity index (χ2n) is 5.42. The standard InChI is InChI=1S/C19H23N2O4.ClH.Fe/c1-24-16-6-4-14(18(22)10-16)12-20-8-3-9-21-13-15-5-7-17(25-2)11-19(15)23;;/h4-7,10-13,18,20,23H,3,8-9H2,1-2H3;1H;/q-1;;+3/p-2/b14-12-,21-13?;;. The van der Waals surface area contributed by atoms with Gasteiger partial charge in [-0.05, 0) is 42.0 Å². The summed E-state index contributed by atoms with van der Waals surface area (Å²) in [7, 11) is 3.06. The van der Waals surface area contributed by atoms with Gasteiger partial charge in [0.25, 0.3) is 0 Å². The Morgan fingerprint density at radius 3 is 2.63 bits per heavy atom. The molecule has 0 saturated heterocycles. The average molecular weight is 434 g/mol. The molecule has 0 aromatic heterocycles. The molecule has 0 amide bonds. The fourth-order valence-corrected chi connectivity index (χ4v) is 2.21. The molecule has 0 bridgehead atoms. The van der Waals surface area contributed by atoms with Gasteiger partial charge in [0, 0.05) is 19.3 Å². The topological polar surface area (TPSA) is 89.0 Å². The summed E-state index contributed by atoms with van der Waals surface area (Å²) in [4.78, 5) is 4.25. The summed E-state index contributed by atoms with van der Waals surface area (Å²) in [5.41, 5.74) is 1.21. The van der Waals surface area contributed by atoms with Crippen molar-refractivity contribution >= 4 is 6.21 Å². The third kappa shape index (κ3) is 8.10. The van der Waals surface area contributed by atoms with E-state index in [4.69, 9.17) is 9.47 Å². The van der Waals surface area contributed by atoms with Crippen LogP contribution >= 0.6 is 0 Å². The van der Waals surface area contributed by atoms with E-state index in [0.29, 0.717) is 35.7 Å². The zero-order valence-corrected chi connectivity index (χ0v) is 17.0. The molecule has 0 heterocycles. The molecule has 8 heteroatoms. The molecule has 6 nitrogen and oxygen atoms in total. The summed E-state index contributed by atoms with van der Waals surface area (Å²) in [5, 5.41) is 26.8. The minimum atomic E-state index is -0.920. The number of benzene rings is 1. The Kier molecular flexibility index (Phi) is 12.3. The van der Waals surface area contributed by atoms with Crippen molar-refractivity contribution < 1.29 is 49.2 Å². The number of hydrogen-bond donors (Lipinski definition) is 1. The van der Waals surface area contributed by atoms with E-state index in [1.54, 1.807) is 36.7 Å². The summed E-state index contributed by atoms with van der Waals surface area (Å²) in [5.74, 6) is 1.02. The quantitative estimate of drug-likeness (QED) is 0.288. The molecule has 1 radical (unpaired) electrons. The zero-order valence-electron chi connectivity index (χ0n) is 15.1. The van der Waals surface area contributed by atoms with Crippen LogP contribution in [0.25, 0.3) is 0 Å². The van der Waals surface area contributed by atoms with Gasteiger partial charge in [-0.2, -0.15) is 0 Å². The predicted octanol–water partition coefficient (Wildman–Crippen LogP) is -2.12. The fourth-order valence-electron chi connectivity index (χ4n) is 2.21. The van der Waals surface area contributed by atoms with Crippen molar-refractivity contribution in [2.24, 2.45) is 4.99 Å². The SMILES string of the molecule is COC1=CC([O-])/C(=C\NCCCN=Cc2ccc(OC)cc2[O-])C=C1.[Cl-].[Fe+3]. The zero-order chi connectivity index (χ0) is 18.1. The van der Waals surface area contributed by atoms with Crippen LogP contribution in [0.2, 0.25) is 0 Å². The Balaban J connectivity index is 0.00000338. The summed E-state index contributed by atoms with van der Waals surface area (Å²) in [6.45, 7) is 1.28.